The third-order valence-corrected chi connectivity index (χ3v) is 12.6. The SMILES string of the molecule is CC(C)C[C@H](NC(=O)[C@H](Cc1cnc[nH]1)NC(=O)[C@H](CCC(=O)O)NC(=O)[C@H](C)NC(=O)[C@H](CCC(N)=O)NC(=O)[C@H](CC(=O)O)NC(=O)[C@H](CCCN=C(N)N)NC(=O)[C@@H](N)C(C)C)C(=O)N[C@@H](CCCCN)C(=O)N[C@H](C(N)=O)[C@@H](C)O. The zero-order valence-corrected chi connectivity index (χ0v) is 48.1. The van der Waals surface area contributed by atoms with Crippen LogP contribution < -0.4 is 82.3 Å². The maximum atomic E-state index is 14.2. The van der Waals surface area contributed by atoms with Crippen LogP contribution in [0.4, 0.5) is 0 Å². The summed E-state index contributed by atoms with van der Waals surface area (Å²) in [5.41, 5.74) is 33.4. The second kappa shape index (κ2) is 37.5. The van der Waals surface area contributed by atoms with Crippen LogP contribution >= 0.6 is 0 Å². The van der Waals surface area contributed by atoms with Crippen molar-refractivity contribution < 1.29 is 77.6 Å². The molecule has 0 aliphatic heterocycles. The van der Waals surface area contributed by atoms with Gasteiger partial charge in [0.2, 0.25) is 65.0 Å². The average Bonchev–Trinajstić information content (AvgIpc) is 4.04. The van der Waals surface area contributed by atoms with E-state index in [9.17, 15) is 77.6 Å². The van der Waals surface area contributed by atoms with Crippen LogP contribution in [0.1, 0.15) is 118 Å². The number of aliphatic hydroxyl groups excluding tert-OH is 1. The molecule has 0 spiro atoms. The number of nitrogens with zero attached hydrogens (tertiary/aromatic N) is 2. The van der Waals surface area contributed by atoms with Crippen molar-refractivity contribution >= 4 is 82.9 Å². The van der Waals surface area contributed by atoms with Crippen LogP contribution in [0.15, 0.2) is 17.5 Å². The first-order chi connectivity index (χ1) is 39.3. The topological polar surface area (TPSA) is 588 Å². The first kappa shape index (κ1) is 73.5. The number of hydrogen-bond acceptors (Lipinski definition) is 18. The van der Waals surface area contributed by atoms with E-state index in [0.29, 0.717) is 12.8 Å². The predicted octanol–water partition coefficient (Wildman–Crippen LogP) is -6.98. The van der Waals surface area contributed by atoms with Crippen LogP contribution in [0.3, 0.4) is 0 Å². The number of hydrogen-bond donors (Lipinski definition) is 19. The molecule has 472 valence electrons. The zero-order valence-electron chi connectivity index (χ0n) is 48.1. The number of nitrogens with two attached hydrogens (primary N) is 6. The number of aliphatic hydroxyl groups is 1. The fourth-order valence-electron chi connectivity index (χ4n) is 7.83. The number of rotatable bonds is 41. The summed E-state index contributed by atoms with van der Waals surface area (Å²) in [6.07, 6.45) is -1.88. The minimum Gasteiger partial charge on any atom is -0.481 e. The highest BCUT2D eigenvalue weighted by Crippen LogP contribution is 2.12. The van der Waals surface area contributed by atoms with E-state index in [1.165, 1.54) is 19.4 Å². The van der Waals surface area contributed by atoms with Crippen molar-refractivity contribution in [3.8, 4) is 0 Å². The normalized spacial score (nSPS) is 15.0. The van der Waals surface area contributed by atoms with Gasteiger partial charge in [0.15, 0.2) is 5.96 Å². The number of unbranched alkanes of at least 4 members (excludes halogenated alkanes) is 1. The van der Waals surface area contributed by atoms with Crippen molar-refractivity contribution in [1.82, 2.24) is 57.8 Å². The summed E-state index contributed by atoms with van der Waals surface area (Å²) in [5.74, 6) is -15.1. The molecule has 1 rings (SSSR count). The monoisotopic (exact) mass is 1190 g/mol. The van der Waals surface area contributed by atoms with Crippen LogP contribution in [0.2, 0.25) is 0 Å². The van der Waals surface area contributed by atoms with E-state index in [1.807, 2.05) is 0 Å². The maximum Gasteiger partial charge on any atom is 0.305 e. The second-order valence-electron chi connectivity index (χ2n) is 20.7. The van der Waals surface area contributed by atoms with E-state index in [-0.39, 0.29) is 68.7 Å². The summed E-state index contributed by atoms with van der Waals surface area (Å²) in [4.78, 5) is 182. The quantitative estimate of drug-likeness (QED) is 0.0165. The van der Waals surface area contributed by atoms with Gasteiger partial charge in [0.25, 0.3) is 0 Å². The second-order valence-corrected chi connectivity index (χ2v) is 20.7. The minimum atomic E-state index is -1.93. The number of carbonyl (C=O) groups is 13. The molecule has 0 saturated carbocycles. The van der Waals surface area contributed by atoms with Crippen molar-refractivity contribution in [2.75, 3.05) is 13.1 Å². The van der Waals surface area contributed by atoms with Crippen molar-refractivity contribution in [3.05, 3.63) is 18.2 Å². The number of aliphatic imine (C=N–C) groups is 1. The maximum absolute atomic E-state index is 14.2. The van der Waals surface area contributed by atoms with Gasteiger partial charge in [0.05, 0.1) is 24.9 Å². The number of amides is 11. The van der Waals surface area contributed by atoms with Gasteiger partial charge in [-0.1, -0.05) is 27.7 Å². The highest BCUT2D eigenvalue weighted by molar-refractivity contribution is 5.99. The first-order valence-electron chi connectivity index (χ1n) is 27.2. The Hall–Kier alpha value is -8.53. The molecule has 0 bridgehead atoms. The standard InChI is InChI=1S/C50H86N18O16/c1-23(2)18-32(46(81)62-28(10-7-8-16-51)45(80)68-39(26(6)69)40(54)75)65-47(82)33(19-27-21-57-22-59-27)66-44(79)31(13-15-36(71)72)61-41(76)25(5)60-42(77)30(12-14-35(52)70)63-48(83)34(20-37(73)74)67-43(78)29(11-9-17-58-50(55)56)64-49(84)38(53)24(3)4/h21-26,28-34,38-39,69H,7-20,51,53H2,1-6H3,(H2,52,70)(H2,54,75)(H,57,59)(H,60,77)(H,61,76)(H,62,81)(H,63,83)(H,64,84)(H,65,82)(H,66,79)(H,67,78)(H,68,80)(H,71,72)(H,73,74)(H4,55,56,58)/t25-,26+,28-,29-,30-,31-,32-,33-,34-,38-,39-/m0/s1. The molecular weight excluding hydrogens is 1110 g/mol. The van der Waals surface area contributed by atoms with Gasteiger partial charge in [-0.15, -0.1) is 0 Å². The zero-order chi connectivity index (χ0) is 64.0. The number of carboxylic acid groups (broad SMARTS) is 2. The first-order valence-corrected chi connectivity index (χ1v) is 27.2. The van der Waals surface area contributed by atoms with Crippen molar-refractivity contribution in [1.29, 1.82) is 0 Å². The van der Waals surface area contributed by atoms with Gasteiger partial charge in [-0.05, 0) is 83.6 Å². The Morgan fingerprint density at radius 2 is 1.02 bits per heavy atom. The molecule has 0 saturated heterocycles. The lowest BCUT2D eigenvalue weighted by Gasteiger charge is -2.28. The average molecular weight is 1200 g/mol. The number of nitrogens with one attached hydrogen (secondary N) is 10. The third-order valence-electron chi connectivity index (χ3n) is 12.6. The lowest BCUT2D eigenvalue weighted by atomic mass is 10.0. The Balaban J connectivity index is 3.53. The molecule has 84 heavy (non-hydrogen) atoms. The molecule has 1 aromatic rings. The Morgan fingerprint density at radius 3 is 1.51 bits per heavy atom. The molecule has 1 aromatic heterocycles. The highest BCUT2D eigenvalue weighted by atomic mass is 16.4. The molecule has 0 fully saturated rings. The van der Waals surface area contributed by atoms with Gasteiger partial charge in [0.1, 0.15) is 54.4 Å². The van der Waals surface area contributed by atoms with Crippen LogP contribution in [0, 0.1) is 11.8 Å². The van der Waals surface area contributed by atoms with E-state index >= 15 is 0 Å². The molecular formula is C50H86N18O16. The highest BCUT2D eigenvalue weighted by Gasteiger charge is 2.36. The lowest BCUT2D eigenvalue weighted by Crippen LogP contribution is -2.61. The molecule has 25 N–H and O–H groups in total. The lowest BCUT2D eigenvalue weighted by molar-refractivity contribution is -0.141. The molecule has 34 heteroatoms. The Kier molecular flexibility index (Phi) is 32.8. The van der Waals surface area contributed by atoms with Crippen LogP contribution in [-0.4, -0.2) is 188 Å². The van der Waals surface area contributed by atoms with E-state index in [4.69, 9.17) is 34.4 Å². The number of aliphatic carboxylic acids is 2. The molecule has 34 nitrogen and oxygen atoms in total. The number of carbonyl (C=O) groups excluding carboxylic acids is 11. The number of imidazole rings is 1. The molecule has 0 aliphatic rings. The number of H-pyrrole nitrogens is 1. The van der Waals surface area contributed by atoms with E-state index in [0.717, 1.165) is 6.92 Å². The van der Waals surface area contributed by atoms with E-state index < -0.39 is 176 Å². The Labute approximate surface area is 484 Å². The summed E-state index contributed by atoms with van der Waals surface area (Å²) in [7, 11) is 0. The fourth-order valence-corrected chi connectivity index (χ4v) is 7.83. The molecule has 0 radical (unpaired) electrons. The Bertz CT molecular complexity index is 2440. The van der Waals surface area contributed by atoms with Gasteiger partial charge in [0, 0.05) is 37.7 Å². The number of aromatic nitrogens is 2. The molecule has 0 aliphatic carbocycles. The number of aromatic amines is 1. The van der Waals surface area contributed by atoms with Crippen LogP contribution in [0.25, 0.3) is 0 Å². The summed E-state index contributed by atoms with van der Waals surface area (Å²) in [6.45, 7) is 9.35. The largest absolute Gasteiger partial charge is 0.481 e. The van der Waals surface area contributed by atoms with Gasteiger partial charge >= 0.3 is 11.9 Å². The molecule has 11 amide bonds. The van der Waals surface area contributed by atoms with Gasteiger partial charge in [-0.2, -0.15) is 0 Å². The van der Waals surface area contributed by atoms with Crippen molar-refractivity contribution in [2.24, 2.45) is 51.2 Å². The number of primary amides is 2. The van der Waals surface area contributed by atoms with E-state index in [1.54, 1.807) is 27.7 Å². The van der Waals surface area contributed by atoms with E-state index in [2.05, 4.69) is 62.8 Å². The van der Waals surface area contributed by atoms with Gasteiger partial charge in [-0.25, -0.2) is 4.98 Å². The minimum absolute atomic E-state index is 0.00956. The predicted molar refractivity (Wildman–Crippen MR) is 299 cm³/mol. The molecule has 0 aromatic carbocycles. The van der Waals surface area contributed by atoms with Gasteiger partial charge in [-0.3, -0.25) is 67.3 Å². The summed E-state index contributed by atoms with van der Waals surface area (Å²) < 4.78 is 0. The molecule has 0 unspecified atom stereocenters. The van der Waals surface area contributed by atoms with Crippen LogP contribution in [0.5, 0.6) is 0 Å². The molecule has 1 heterocycles. The third kappa shape index (κ3) is 28.4. The summed E-state index contributed by atoms with van der Waals surface area (Å²) in [6, 6.07) is -15.3. The van der Waals surface area contributed by atoms with Crippen molar-refractivity contribution in [2.45, 2.75) is 185 Å². The summed E-state index contributed by atoms with van der Waals surface area (Å²) >= 11 is 0. The van der Waals surface area contributed by atoms with Crippen molar-refractivity contribution in [3.63, 3.8) is 0 Å². The smallest absolute Gasteiger partial charge is 0.305 e. The number of guanidine groups is 1. The van der Waals surface area contributed by atoms with Gasteiger partial charge < -0.3 is 103 Å². The molecule has 11 atom stereocenters. The Morgan fingerprint density at radius 1 is 0.560 bits per heavy atom. The van der Waals surface area contributed by atoms with Crippen LogP contribution in [-0.2, 0) is 68.7 Å². The number of carboxylic acids is 2. The fraction of sp³-hybridized carbons (Fsp3) is 0.660. The summed E-state index contributed by atoms with van der Waals surface area (Å²) in [5, 5.41) is 50.9.